The SMILES string of the molecule is O=C(Cn1ccc(C2CCCNC2)n1)NCC1CCOCC1. The van der Waals surface area contributed by atoms with Gasteiger partial charge in [-0.05, 0) is 44.2 Å². The van der Waals surface area contributed by atoms with E-state index in [1.165, 1.54) is 12.8 Å². The first-order valence-corrected chi connectivity index (χ1v) is 8.40. The fourth-order valence-electron chi connectivity index (χ4n) is 3.20. The number of nitrogens with one attached hydrogen (secondary N) is 2. The van der Waals surface area contributed by atoms with Crippen molar-refractivity contribution in [1.82, 2.24) is 20.4 Å². The molecule has 2 aliphatic rings. The quantitative estimate of drug-likeness (QED) is 0.848. The topological polar surface area (TPSA) is 68.2 Å². The van der Waals surface area contributed by atoms with Gasteiger partial charge < -0.3 is 15.4 Å². The summed E-state index contributed by atoms with van der Waals surface area (Å²) in [7, 11) is 0. The van der Waals surface area contributed by atoms with E-state index in [0.717, 1.165) is 51.4 Å². The van der Waals surface area contributed by atoms with Gasteiger partial charge in [-0.2, -0.15) is 5.10 Å². The molecule has 0 bridgehead atoms. The number of carbonyl (C=O) groups excluding carboxylic acids is 1. The molecule has 1 atom stereocenters. The summed E-state index contributed by atoms with van der Waals surface area (Å²) in [5.74, 6) is 1.09. The minimum Gasteiger partial charge on any atom is -0.381 e. The largest absolute Gasteiger partial charge is 0.381 e. The monoisotopic (exact) mass is 306 g/mol. The van der Waals surface area contributed by atoms with E-state index in [2.05, 4.69) is 15.7 Å². The van der Waals surface area contributed by atoms with Gasteiger partial charge in [0.2, 0.25) is 5.91 Å². The Labute approximate surface area is 131 Å². The molecule has 6 heteroatoms. The predicted octanol–water partition coefficient (Wildman–Crippen LogP) is 0.893. The summed E-state index contributed by atoms with van der Waals surface area (Å²) in [6, 6.07) is 2.05. The fourth-order valence-corrected chi connectivity index (χ4v) is 3.20. The molecular formula is C16H26N4O2. The molecule has 1 amide bonds. The van der Waals surface area contributed by atoms with Gasteiger partial charge >= 0.3 is 0 Å². The van der Waals surface area contributed by atoms with E-state index in [9.17, 15) is 4.79 Å². The maximum Gasteiger partial charge on any atom is 0.241 e. The molecule has 2 fully saturated rings. The van der Waals surface area contributed by atoms with Gasteiger partial charge in [-0.25, -0.2) is 0 Å². The predicted molar refractivity (Wildman–Crippen MR) is 83.6 cm³/mol. The van der Waals surface area contributed by atoms with E-state index in [-0.39, 0.29) is 5.91 Å². The Bertz CT molecular complexity index is 476. The number of hydrogen-bond acceptors (Lipinski definition) is 4. The van der Waals surface area contributed by atoms with E-state index >= 15 is 0 Å². The molecular weight excluding hydrogens is 280 g/mol. The van der Waals surface area contributed by atoms with Crippen molar-refractivity contribution < 1.29 is 9.53 Å². The highest BCUT2D eigenvalue weighted by atomic mass is 16.5. The second-order valence-corrected chi connectivity index (χ2v) is 6.34. The Hall–Kier alpha value is -1.40. The lowest BCUT2D eigenvalue weighted by atomic mass is 9.97. The third kappa shape index (κ3) is 4.30. The van der Waals surface area contributed by atoms with Crippen LogP contribution in [-0.4, -0.2) is 48.5 Å². The molecule has 2 N–H and O–H groups in total. The highest BCUT2D eigenvalue weighted by Gasteiger charge is 2.18. The number of aromatic nitrogens is 2. The maximum atomic E-state index is 12.0. The second-order valence-electron chi connectivity index (χ2n) is 6.34. The number of piperidine rings is 1. The second kappa shape index (κ2) is 7.74. The third-order valence-electron chi connectivity index (χ3n) is 4.61. The van der Waals surface area contributed by atoms with Crippen LogP contribution in [0.1, 0.15) is 37.3 Å². The van der Waals surface area contributed by atoms with E-state index in [0.29, 0.717) is 18.4 Å². The van der Waals surface area contributed by atoms with Crippen molar-refractivity contribution in [3.05, 3.63) is 18.0 Å². The summed E-state index contributed by atoms with van der Waals surface area (Å²) in [4.78, 5) is 12.0. The molecule has 1 unspecified atom stereocenters. The maximum absolute atomic E-state index is 12.0. The van der Waals surface area contributed by atoms with Crippen LogP contribution in [0.4, 0.5) is 0 Å². The molecule has 1 aromatic heterocycles. The highest BCUT2D eigenvalue weighted by molar-refractivity contribution is 5.75. The zero-order valence-corrected chi connectivity index (χ0v) is 13.1. The van der Waals surface area contributed by atoms with E-state index in [1.54, 1.807) is 4.68 Å². The van der Waals surface area contributed by atoms with Gasteiger partial charge in [-0.3, -0.25) is 9.48 Å². The molecule has 22 heavy (non-hydrogen) atoms. The first-order valence-electron chi connectivity index (χ1n) is 8.40. The third-order valence-corrected chi connectivity index (χ3v) is 4.61. The van der Waals surface area contributed by atoms with Crippen LogP contribution in [-0.2, 0) is 16.1 Å². The summed E-state index contributed by atoms with van der Waals surface area (Å²) >= 11 is 0. The van der Waals surface area contributed by atoms with Crippen molar-refractivity contribution in [2.45, 2.75) is 38.1 Å². The van der Waals surface area contributed by atoms with E-state index in [4.69, 9.17) is 4.74 Å². The lowest BCUT2D eigenvalue weighted by Crippen LogP contribution is -2.34. The zero-order valence-electron chi connectivity index (χ0n) is 13.1. The normalized spacial score (nSPS) is 23.4. The molecule has 3 rings (SSSR count). The summed E-state index contributed by atoms with van der Waals surface area (Å²) in [5.41, 5.74) is 1.10. The molecule has 0 aromatic carbocycles. The van der Waals surface area contributed by atoms with Crippen LogP contribution in [0.25, 0.3) is 0 Å². The van der Waals surface area contributed by atoms with Crippen molar-refractivity contribution in [2.75, 3.05) is 32.8 Å². The van der Waals surface area contributed by atoms with Gasteiger partial charge in [0, 0.05) is 38.4 Å². The van der Waals surface area contributed by atoms with Gasteiger partial charge in [-0.1, -0.05) is 0 Å². The molecule has 0 spiro atoms. The summed E-state index contributed by atoms with van der Waals surface area (Å²) < 4.78 is 7.08. The Morgan fingerprint density at radius 1 is 1.41 bits per heavy atom. The summed E-state index contributed by atoms with van der Waals surface area (Å²) in [6.45, 7) is 4.79. The Kier molecular flexibility index (Phi) is 5.45. The highest BCUT2D eigenvalue weighted by Crippen LogP contribution is 2.21. The minimum absolute atomic E-state index is 0.0444. The summed E-state index contributed by atoms with van der Waals surface area (Å²) in [6.07, 6.45) is 6.38. The first kappa shape index (κ1) is 15.5. The molecule has 6 nitrogen and oxygen atoms in total. The van der Waals surface area contributed by atoms with Gasteiger partial charge in [0.15, 0.2) is 0 Å². The van der Waals surface area contributed by atoms with Gasteiger partial charge in [0.05, 0.1) is 5.69 Å². The summed E-state index contributed by atoms with van der Waals surface area (Å²) in [5, 5.41) is 11.0. The van der Waals surface area contributed by atoms with Crippen LogP contribution in [0.5, 0.6) is 0 Å². The van der Waals surface area contributed by atoms with Crippen LogP contribution in [0.3, 0.4) is 0 Å². The van der Waals surface area contributed by atoms with Crippen molar-refractivity contribution in [2.24, 2.45) is 5.92 Å². The number of amides is 1. The molecule has 0 aliphatic carbocycles. The van der Waals surface area contributed by atoms with Crippen LogP contribution >= 0.6 is 0 Å². The van der Waals surface area contributed by atoms with Crippen LogP contribution in [0.2, 0.25) is 0 Å². The average Bonchev–Trinajstić information content (AvgIpc) is 3.03. The molecule has 122 valence electrons. The number of ether oxygens (including phenoxy) is 1. The standard InChI is InChI=1S/C16H26N4O2/c21-16(18-10-13-4-8-22-9-5-13)12-20-7-3-15(19-20)14-2-1-6-17-11-14/h3,7,13-14,17H,1-2,4-6,8-12H2,(H,18,21). The molecule has 2 saturated heterocycles. The zero-order chi connectivity index (χ0) is 15.2. The molecule has 1 aromatic rings. The van der Waals surface area contributed by atoms with Gasteiger partial charge in [0.1, 0.15) is 6.54 Å². The Morgan fingerprint density at radius 3 is 3.05 bits per heavy atom. The van der Waals surface area contributed by atoms with Gasteiger partial charge in [-0.15, -0.1) is 0 Å². The Balaban J connectivity index is 1.43. The van der Waals surface area contributed by atoms with Crippen molar-refractivity contribution in [1.29, 1.82) is 0 Å². The van der Waals surface area contributed by atoms with Crippen LogP contribution in [0, 0.1) is 5.92 Å². The van der Waals surface area contributed by atoms with Crippen LogP contribution in [0.15, 0.2) is 12.3 Å². The smallest absolute Gasteiger partial charge is 0.241 e. The molecule has 2 aliphatic heterocycles. The molecule has 0 saturated carbocycles. The number of hydrogen-bond donors (Lipinski definition) is 2. The number of rotatable bonds is 5. The van der Waals surface area contributed by atoms with E-state index in [1.807, 2.05) is 12.3 Å². The lowest BCUT2D eigenvalue weighted by molar-refractivity contribution is -0.122. The van der Waals surface area contributed by atoms with Gasteiger partial charge in [0.25, 0.3) is 0 Å². The number of carbonyl (C=O) groups is 1. The van der Waals surface area contributed by atoms with Crippen molar-refractivity contribution >= 4 is 5.91 Å². The lowest BCUT2D eigenvalue weighted by Gasteiger charge is -2.22. The van der Waals surface area contributed by atoms with Crippen LogP contribution < -0.4 is 10.6 Å². The Morgan fingerprint density at radius 2 is 2.27 bits per heavy atom. The molecule has 3 heterocycles. The van der Waals surface area contributed by atoms with E-state index < -0.39 is 0 Å². The van der Waals surface area contributed by atoms with Crippen molar-refractivity contribution in [3.63, 3.8) is 0 Å². The van der Waals surface area contributed by atoms with Crippen molar-refractivity contribution in [3.8, 4) is 0 Å². The minimum atomic E-state index is 0.0444. The number of nitrogens with zero attached hydrogens (tertiary/aromatic N) is 2. The fraction of sp³-hybridized carbons (Fsp3) is 0.750. The molecule has 0 radical (unpaired) electrons. The average molecular weight is 306 g/mol. The first-order chi connectivity index (χ1) is 10.8.